The van der Waals surface area contributed by atoms with Crippen molar-refractivity contribution >= 4 is 209 Å². The fraction of sp³-hybridized carbons (Fsp3) is 0.532. The first kappa shape index (κ1) is 101. The number of alkyl halides is 1. The molecule has 796 valence electrons. The molecule has 4 aromatic heterocycles. The SMILES string of the molecule is COC[C@@H]1CN(c2noc3c(F)c4c(cc23)CC2(C(=O)NC(=O)NC2=O)[C@H]2[C@H](C)O[C@H](C)CN42)C(=O)O1.COC[C@H]1CN(c2noc3c(F)c4c(cc23)CC2(C(=O)NC(=O)NC2=O)[C@H]2[C@H](C)O[C@H](C)CN42)C(=O)O1.C[C@@H]1CN2c3c(cc4c(N5C(=O)OC[C@@H]5CCCF)noc4c3Cl)CC3(C(=O)NC(=O)NC3=O)[C@H]2[C@H](C)O1.C[C@@H]1CN2c3c(cc4c(N5C(=O)OC[C@@H]5CCCO)noc4c3Cl)CC3(C(=O)NC(=O)NC3=O)[C@H]2[C@H](C)O1. The molecule has 0 bridgehead atoms. The quantitative estimate of drug-likeness (QED) is 0.0474. The number of aliphatic hydroxyl groups excluding tert-OH is 1. The summed E-state index contributed by atoms with van der Waals surface area (Å²) in [4.78, 5) is 217. The van der Waals surface area contributed by atoms with Crippen molar-refractivity contribution in [2.24, 2.45) is 21.7 Å². The Kier molecular flexibility index (Phi) is 25.7. The van der Waals surface area contributed by atoms with Gasteiger partial charge in [-0.1, -0.05) is 43.8 Å². The van der Waals surface area contributed by atoms with Gasteiger partial charge in [-0.3, -0.25) is 105 Å². The molecule has 24 rings (SSSR count). The maximum atomic E-state index is 16.2. The molecule has 56 heteroatoms. The fourth-order valence-electron chi connectivity index (χ4n) is 24.9. The van der Waals surface area contributed by atoms with Gasteiger partial charge in [0.25, 0.3) is 0 Å². The lowest BCUT2D eigenvalue weighted by Gasteiger charge is -2.55. The molecule has 20 heterocycles. The van der Waals surface area contributed by atoms with Gasteiger partial charge in [0.2, 0.25) is 58.4 Å². The summed E-state index contributed by atoms with van der Waals surface area (Å²) in [6, 6.07) is -1.20. The number of nitrogens with zero attached hydrogens (tertiary/aromatic N) is 12. The van der Waals surface area contributed by atoms with Gasteiger partial charge in [-0.2, -0.15) is 0 Å². The summed E-state index contributed by atoms with van der Waals surface area (Å²) in [6.07, 6.45) is -6.38. The second kappa shape index (κ2) is 37.9. The number of anilines is 8. The number of fused-ring (bicyclic) bond motifs is 20. The third kappa shape index (κ3) is 15.8. The van der Waals surface area contributed by atoms with Crippen LogP contribution in [0.5, 0.6) is 0 Å². The van der Waals surface area contributed by atoms with Crippen LogP contribution in [-0.2, 0) is 111 Å². The van der Waals surface area contributed by atoms with E-state index in [4.69, 9.17) is 88.7 Å². The maximum Gasteiger partial charge on any atom is 0.416 e. The molecule has 8 aromatic rings. The Morgan fingerprint density at radius 2 is 0.660 bits per heavy atom. The second-order valence-corrected chi connectivity index (χ2v) is 40.7. The monoisotopic (exact) mass is 2130 g/mol. The number of hydrogen-bond acceptors (Lipinski definition) is 39. The van der Waals surface area contributed by atoms with Crippen molar-refractivity contribution in [2.45, 2.75) is 204 Å². The van der Waals surface area contributed by atoms with E-state index in [2.05, 4.69) is 63.2 Å². The summed E-state index contributed by atoms with van der Waals surface area (Å²) in [5.74, 6) is -7.06. The van der Waals surface area contributed by atoms with Crippen LogP contribution >= 0.6 is 23.2 Å². The average Bonchev–Trinajstić information content (AvgIpc) is 1.53. The van der Waals surface area contributed by atoms with E-state index < -0.39 is 203 Å². The number of imide groups is 8. The zero-order valence-corrected chi connectivity index (χ0v) is 83.2. The Balaban J connectivity index is 0.000000117. The number of barbiturate groups is 4. The van der Waals surface area contributed by atoms with Crippen LogP contribution in [0, 0.1) is 33.3 Å². The minimum absolute atomic E-state index is 0.0380. The number of urea groups is 4. The Labute approximate surface area is 854 Å². The number of carbonyl (C=O) groups excluding carboxylic acids is 16. The van der Waals surface area contributed by atoms with E-state index in [-0.39, 0.29) is 200 Å². The highest BCUT2D eigenvalue weighted by Crippen LogP contribution is 2.58. The number of nitrogens with one attached hydrogen (secondary N) is 8. The van der Waals surface area contributed by atoms with E-state index in [1.165, 1.54) is 33.8 Å². The molecule has 0 saturated carbocycles. The van der Waals surface area contributed by atoms with Crippen molar-refractivity contribution in [3.8, 4) is 0 Å². The van der Waals surface area contributed by atoms with Gasteiger partial charge in [0.15, 0.2) is 67.7 Å². The number of ether oxygens (including phenoxy) is 10. The van der Waals surface area contributed by atoms with E-state index >= 15 is 8.78 Å². The molecule has 12 fully saturated rings. The third-order valence-electron chi connectivity index (χ3n) is 30.5. The molecular formula is C94H99Cl2F3N20O31. The number of carbonyl (C=O) groups is 16. The molecular weight excluding hydrogens is 2030 g/mol. The van der Waals surface area contributed by atoms with Crippen LogP contribution in [0.3, 0.4) is 0 Å². The average molecular weight is 2130 g/mol. The summed E-state index contributed by atoms with van der Waals surface area (Å²) in [7, 11) is 2.95. The van der Waals surface area contributed by atoms with Gasteiger partial charge in [0.1, 0.15) is 35.5 Å². The number of cyclic esters (lactones) is 4. The number of hydrogen-bond donors (Lipinski definition) is 9. The lowest BCUT2D eigenvalue weighted by molar-refractivity contribution is -0.154. The highest BCUT2D eigenvalue weighted by Gasteiger charge is 2.69. The molecule has 4 aromatic carbocycles. The van der Waals surface area contributed by atoms with Crippen LogP contribution in [0.4, 0.5) is 97.5 Å². The van der Waals surface area contributed by atoms with E-state index in [1.54, 1.807) is 75.6 Å². The van der Waals surface area contributed by atoms with E-state index in [9.17, 15) is 86.2 Å². The minimum Gasteiger partial charge on any atom is -0.447 e. The van der Waals surface area contributed by atoms with Gasteiger partial charge in [-0.05, 0) is 140 Å². The first-order valence-corrected chi connectivity index (χ1v) is 49.2. The van der Waals surface area contributed by atoms with E-state index in [0.717, 1.165) is 0 Å². The number of rotatable bonds is 14. The Bertz CT molecular complexity index is 6630. The van der Waals surface area contributed by atoms with Crippen LogP contribution in [0.25, 0.3) is 43.9 Å². The van der Waals surface area contributed by atoms with Gasteiger partial charge < -0.3 is 90.2 Å². The normalized spacial score (nSPS) is 28.5. The molecule has 4 spiro atoms. The van der Waals surface area contributed by atoms with E-state index in [1.807, 2.05) is 23.6 Å². The predicted molar refractivity (Wildman–Crippen MR) is 508 cm³/mol. The lowest BCUT2D eigenvalue weighted by Crippen LogP contribution is -2.75. The number of aliphatic hydroxyl groups is 1. The van der Waals surface area contributed by atoms with Crippen LogP contribution in [-0.4, -0.2) is 312 Å². The molecule has 12 saturated heterocycles. The minimum atomic E-state index is -1.77. The predicted octanol–water partition coefficient (Wildman–Crippen LogP) is 5.57. The number of benzene rings is 4. The van der Waals surface area contributed by atoms with Crippen LogP contribution < -0.4 is 81.7 Å². The van der Waals surface area contributed by atoms with Crippen LogP contribution in [0.15, 0.2) is 42.4 Å². The highest BCUT2D eigenvalue weighted by molar-refractivity contribution is 6.39. The summed E-state index contributed by atoms with van der Waals surface area (Å²) in [6.45, 7) is 15.5. The van der Waals surface area contributed by atoms with Crippen molar-refractivity contribution in [3.63, 3.8) is 0 Å². The third-order valence-corrected chi connectivity index (χ3v) is 31.2. The molecule has 16 aliphatic rings. The van der Waals surface area contributed by atoms with Crippen LogP contribution in [0.1, 0.15) is 103 Å². The van der Waals surface area contributed by atoms with Crippen molar-refractivity contribution < 1.29 is 160 Å². The number of amides is 20. The first-order chi connectivity index (χ1) is 71.6. The molecule has 16 aliphatic heterocycles. The standard InChI is InChI=1S/C24H25ClFN5O7.C24H26ClN5O8.2C23H24FN5O8/c1-10-8-30-16-12(7-24(18(30)11(2)37-10)20(32)27-22(34)28-21(24)33)6-14-17(15(16)25)38-29-19(14)31-13(4-3-5-26)9-36-23(31)35;1-10-8-29-16-12(7-24(18(29)11(2)37-10)20(32)26-22(34)27-21(24)33)6-14-17(15(16)25)38-28-19(14)30-13(4-3-5-31)9-36-23(30)35;2*1-9-6-28-15-11(5-23(17(28)10(2)35-9)19(30)25-21(32)26-20(23)31)4-13-16(14(15)24)37-27-18(13)29-7-12(8-34-3)36-22(29)33/h6,10-11,13,18H,3-5,7-9H2,1-2H3,(H2,27,28,32,33,34);6,10-11,13,18,31H,3-5,7-9H2,1-2H3,(H2,26,27,32,33,34);2*4,9-10,12,17H,5-8H2,1-3H3,(H2,25,26,30,31,32)/t2*10-,11+,13+,18-;9-,10+,12+,17-;9-,10+,12-,17-/m1111/s1. The summed E-state index contributed by atoms with van der Waals surface area (Å²) in [5.41, 5.74) is -3.57. The van der Waals surface area contributed by atoms with Gasteiger partial charge in [0.05, 0.1) is 162 Å². The fourth-order valence-corrected chi connectivity index (χ4v) is 25.7. The van der Waals surface area contributed by atoms with Gasteiger partial charge in [-0.15, -0.1) is 0 Å². The van der Waals surface area contributed by atoms with Crippen molar-refractivity contribution in [2.75, 3.05) is 132 Å². The topological polar surface area (TPSA) is 612 Å². The zero-order valence-electron chi connectivity index (χ0n) is 81.6. The molecule has 20 amide bonds. The number of halogens is 5. The summed E-state index contributed by atoms with van der Waals surface area (Å²) < 4.78 is 122. The molecule has 16 atom stereocenters. The maximum absolute atomic E-state index is 16.2. The zero-order chi connectivity index (χ0) is 106. The first-order valence-electron chi connectivity index (χ1n) is 48.5. The lowest BCUT2D eigenvalue weighted by atomic mass is 9.66. The second-order valence-electron chi connectivity index (χ2n) is 39.9. The van der Waals surface area contributed by atoms with E-state index in [0.29, 0.717) is 76.8 Å². The van der Waals surface area contributed by atoms with Crippen molar-refractivity contribution in [1.82, 2.24) is 63.2 Å². The highest BCUT2D eigenvalue weighted by atomic mass is 35.5. The van der Waals surface area contributed by atoms with Gasteiger partial charge in [-0.25, -0.2) is 47.1 Å². The number of aromatic nitrogens is 4. The van der Waals surface area contributed by atoms with Crippen molar-refractivity contribution in [3.05, 3.63) is 68.2 Å². The Morgan fingerprint density at radius 1 is 0.387 bits per heavy atom. The Hall–Kier alpha value is -14.4. The molecule has 9 N–H and O–H groups in total. The molecule has 0 radical (unpaired) electrons. The summed E-state index contributed by atoms with van der Waals surface area (Å²) >= 11 is 13.9. The number of morpholine rings is 4. The molecule has 51 nitrogen and oxygen atoms in total. The van der Waals surface area contributed by atoms with Gasteiger partial charge in [0, 0.05) is 59.8 Å². The molecule has 150 heavy (non-hydrogen) atoms. The smallest absolute Gasteiger partial charge is 0.416 e. The molecule has 0 unspecified atom stereocenters. The van der Waals surface area contributed by atoms with Crippen LogP contribution in [0.2, 0.25) is 10.0 Å². The largest absolute Gasteiger partial charge is 0.447 e. The number of methoxy groups -OCH3 is 2. The Morgan fingerprint density at radius 3 is 0.953 bits per heavy atom. The van der Waals surface area contributed by atoms with Crippen molar-refractivity contribution in [1.29, 1.82) is 0 Å². The molecule has 0 aliphatic carbocycles. The van der Waals surface area contributed by atoms with Gasteiger partial charge >= 0.3 is 48.5 Å². The summed E-state index contributed by atoms with van der Waals surface area (Å²) in [5, 5.41) is 44.8.